The van der Waals surface area contributed by atoms with Crippen molar-refractivity contribution in [2.24, 2.45) is 0 Å². The molecule has 0 saturated heterocycles. The van der Waals surface area contributed by atoms with Crippen LogP contribution in [0.1, 0.15) is 31.4 Å². The third-order valence-electron chi connectivity index (χ3n) is 6.59. The van der Waals surface area contributed by atoms with E-state index in [1.807, 2.05) is 44.2 Å². The maximum absolute atomic E-state index is 14.8. The summed E-state index contributed by atoms with van der Waals surface area (Å²) >= 11 is 0. The molecule has 0 aliphatic heterocycles. The quantitative estimate of drug-likeness (QED) is 0.334. The van der Waals surface area contributed by atoms with E-state index >= 15 is 0 Å². The zero-order chi connectivity index (χ0) is 29.3. The van der Waals surface area contributed by atoms with Crippen LogP contribution in [0, 0.1) is 5.82 Å². The molecule has 0 saturated carbocycles. The van der Waals surface area contributed by atoms with Crippen LogP contribution in [0.25, 0.3) is 0 Å². The maximum Gasteiger partial charge on any atom is 0.244 e. The minimum absolute atomic E-state index is 0.154. The molecule has 3 aromatic carbocycles. The van der Waals surface area contributed by atoms with Crippen molar-refractivity contribution < 1.29 is 27.1 Å². The van der Waals surface area contributed by atoms with Gasteiger partial charge in [-0.15, -0.1) is 0 Å². The average Bonchev–Trinajstić information content (AvgIpc) is 2.94. The number of hydrogen-bond acceptors (Lipinski definition) is 5. The van der Waals surface area contributed by atoms with Gasteiger partial charge in [0.15, 0.2) is 0 Å². The Morgan fingerprint density at radius 2 is 1.68 bits per heavy atom. The first kappa shape index (κ1) is 30.6. The van der Waals surface area contributed by atoms with Crippen molar-refractivity contribution in [1.82, 2.24) is 10.2 Å². The van der Waals surface area contributed by atoms with E-state index in [1.165, 1.54) is 36.3 Å². The van der Waals surface area contributed by atoms with E-state index in [0.29, 0.717) is 12.2 Å². The largest absolute Gasteiger partial charge is 0.497 e. The first-order valence-electron chi connectivity index (χ1n) is 13.0. The number of anilines is 1. The molecule has 0 fully saturated rings. The number of nitrogens with one attached hydrogen (secondary N) is 1. The van der Waals surface area contributed by atoms with Gasteiger partial charge in [0.05, 0.1) is 19.1 Å². The summed E-state index contributed by atoms with van der Waals surface area (Å²) in [6.45, 7) is 2.96. The van der Waals surface area contributed by atoms with Crippen LogP contribution in [0.5, 0.6) is 5.75 Å². The zero-order valence-electron chi connectivity index (χ0n) is 23.2. The molecule has 2 amide bonds. The van der Waals surface area contributed by atoms with Crippen LogP contribution < -0.4 is 14.4 Å². The third-order valence-corrected chi connectivity index (χ3v) is 7.73. The summed E-state index contributed by atoms with van der Waals surface area (Å²) in [6.07, 6.45) is 1.82. The molecule has 40 heavy (non-hydrogen) atoms. The molecule has 0 bridgehead atoms. The van der Waals surface area contributed by atoms with Gasteiger partial charge in [0.25, 0.3) is 0 Å². The number of carbonyl (C=O) groups excluding carboxylic acids is 2. The van der Waals surface area contributed by atoms with Crippen molar-refractivity contribution >= 4 is 27.5 Å². The fourth-order valence-electron chi connectivity index (χ4n) is 4.18. The molecular weight excluding hydrogens is 533 g/mol. The Kier molecular flexibility index (Phi) is 10.7. The molecule has 1 N–H and O–H groups in total. The zero-order valence-corrected chi connectivity index (χ0v) is 24.0. The number of methoxy groups -OCH3 is 1. The van der Waals surface area contributed by atoms with E-state index < -0.39 is 40.2 Å². The highest BCUT2D eigenvalue weighted by atomic mass is 32.2. The number of hydrogen-bond donors (Lipinski definition) is 1. The highest BCUT2D eigenvalue weighted by Gasteiger charge is 2.34. The van der Waals surface area contributed by atoms with Gasteiger partial charge in [0, 0.05) is 30.6 Å². The Morgan fingerprint density at radius 3 is 2.30 bits per heavy atom. The molecule has 0 aliphatic carbocycles. The van der Waals surface area contributed by atoms with Gasteiger partial charge in [-0.25, -0.2) is 12.8 Å². The highest BCUT2D eigenvalue weighted by molar-refractivity contribution is 7.92. The van der Waals surface area contributed by atoms with Gasteiger partial charge in [0.1, 0.15) is 24.2 Å². The number of benzene rings is 3. The number of sulfonamides is 1. The Balaban J connectivity index is 2.07. The molecule has 214 valence electrons. The molecule has 0 aliphatic rings. The van der Waals surface area contributed by atoms with E-state index in [0.717, 1.165) is 16.1 Å². The lowest BCUT2D eigenvalue weighted by Gasteiger charge is -2.34. The molecule has 2 atom stereocenters. The minimum atomic E-state index is -3.92. The molecule has 10 heteroatoms. The summed E-state index contributed by atoms with van der Waals surface area (Å²) in [6, 6.07) is 20.3. The summed E-state index contributed by atoms with van der Waals surface area (Å²) in [4.78, 5) is 28.9. The van der Waals surface area contributed by atoms with Gasteiger partial charge in [-0.3, -0.25) is 13.9 Å². The Morgan fingerprint density at radius 1 is 1.00 bits per heavy atom. The summed E-state index contributed by atoms with van der Waals surface area (Å²) in [7, 11) is -2.47. The smallest absolute Gasteiger partial charge is 0.244 e. The number of rotatable bonds is 13. The van der Waals surface area contributed by atoms with Crippen molar-refractivity contribution in [1.29, 1.82) is 0 Å². The summed E-state index contributed by atoms with van der Waals surface area (Å²) in [5.74, 6) is -1.18. The van der Waals surface area contributed by atoms with Gasteiger partial charge < -0.3 is 15.0 Å². The summed E-state index contributed by atoms with van der Waals surface area (Å²) in [5.41, 5.74) is 1.23. The van der Waals surface area contributed by atoms with Crippen LogP contribution in [-0.2, 0) is 32.6 Å². The van der Waals surface area contributed by atoms with E-state index in [9.17, 15) is 22.4 Å². The normalized spacial score (nSPS) is 12.7. The second-order valence-electron chi connectivity index (χ2n) is 9.61. The fourth-order valence-corrected chi connectivity index (χ4v) is 5.03. The minimum Gasteiger partial charge on any atom is -0.497 e. The summed E-state index contributed by atoms with van der Waals surface area (Å²) < 4.78 is 46.7. The lowest BCUT2D eigenvalue weighted by Crippen LogP contribution is -2.54. The van der Waals surface area contributed by atoms with Crippen LogP contribution in [0.3, 0.4) is 0 Å². The molecule has 3 rings (SSSR count). The molecule has 0 aromatic heterocycles. The second kappa shape index (κ2) is 13.9. The van der Waals surface area contributed by atoms with Crippen molar-refractivity contribution in [2.45, 2.75) is 45.3 Å². The first-order valence-corrected chi connectivity index (χ1v) is 14.9. The lowest BCUT2D eigenvalue weighted by atomic mass is 10.0. The van der Waals surface area contributed by atoms with E-state index in [2.05, 4.69) is 5.32 Å². The number of nitrogens with zero attached hydrogens (tertiary/aromatic N) is 2. The summed E-state index contributed by atoms with van der Waals surface area (Å²) in [5, 5.41) is 2.94. The molecular formula is C30H36FN3O5S. The van der Waals surface area contributed by atoms with E-state index in [4.69, 9.17) is 4.74 Å². The molecule has 0 heterocycles. The van der Waals surface area contributed by atoms with Crippen molar-refractivity contribution in [3.63, 3.8) is 0 Å². The van der Waals surface area contributed by atoms with Crippen LogP contribution >= 0.6 is 0 Å². The molecule has 3 aromatic rings. The second-order valence-corrected chi connectivity index (χ2v) is 11.5. The van der Waals surface area contributed by atoms with Gasteiger partial charge in [-0.05, 0) is 37.1 Å². The van der Waals surface area contributed by atoms with Crippen LogP contribution in [-0.4, -0.2) is 57.1 Å². The van der Waals surface area contributed by atoms with Gasteiger partial charge in [0.2, 0.25) is 21.8 Å². The topological polar surface area (TPSA) is 96.0 Å². The van der Waals surface area contributed by atoms with E-state index in [-0.39, 0.29) is 30.3 Å². The van der Waals surface area contributed by atoms with Crippen molar-refractivity contribution in [2.75, 3.05) is 24.2 Å². The average molecular weight is 570 g/mol. The number of amides is 2. The highest BCUT2D eigenvalue weighted by Crippen LogP contribution is 2.24. The lowest BCUT2D eigenvalue weighted by molar-refractivity contribution is -0.140. The number of ether oxygens (including phenoxy) is 1. The Hall–Kier alpha value is -3.92. The van der Waals surface area contributed by atoms with Gasteiger partial charge in [-0.1, -0.05) is 61.5 Å². The Bertz CT molecular complexity index is 1400. The monoisotopic (exact) mass is 569 g/mol. The first-order chi connectivity index (χ1) is 19.0. The van der Waals surface area contributed by atoms with Gasteiger partial charge in [-0.2, -0.15) is 0 Å². The van der Waals surface area contributed by atoms with Crippen LogP contribution in [0.2, 0.25) is 0 Å². The van der Waals surface area contributed by atoms with E-state index in [1.54, 1.807) is 24.3 Å². The third kappa shape index (κ3) is 8.29. The fraction of sp³-hybridized carbons (Fsp3) is 0.333. The van der Waals surface area contributed by atoms with Crippen LogP contribution in [0.15, 0.2) is 78.9 Å². The number of halogens is 1. The SMILES string of the molecule is CCC(C)NC(=O)C(Cc1ccccc1)N(Cc1ccccc1F)C(=O)CN(c1cccc(OC)c1)S(C)(=O)=O. The maximum atomic E-state index is 14.8. The predicted octanol–water partition coefficient (Wildman–Crippen LogP) is 4.16. The number of carbonyl (C=O) groups is 2. The van der Waals surface area contributed by atoms with Crippen molar-refractivity contribution in [3.8, 4) is 5.75 Å². The van der Waals surface area contributed by atoms with Crippen molar-refractivity contribution in [3.05, 3.63) is 95.8 Å². The van der Waals surface area contributed by atoms with Crippen LogP contribution in [0.4, 0.5) is 10.1 Å². The van der Waals surface area contributed by atoms with Gasteiger partial charge >= 0.3 is 0 Å². The molecule has 2 unspecified atom stereocenters. The standard InChI is InChI=1S/C30H36FN3O5S/c1-5-22(2)32-30(36)28(18-23-12-7-6-8-13-23)33(20-24-14-9-10-17-27(24)31)29(35)21-34(40(4,37)38)25-15-11-16-26(19-25)39-3/h6-17,19,22,28H,5,18,20-21H2,1-4H3,(H,32,36). The Labute approximate surface area is 235 Å². The molecule has 0 radical (unpaired) electrons. The predicted molar refractivity (Wildman–Crippen MR) is 154 cm³/mol. The molecule has 0 spiro atoms. The molecule has 8 nitrogen and oxygen atoms in total.